The third-order valence-corrected chi connectivity index (χ3v) is 4.44. The van der Waals surface area contributed by atoms with E-state index in [1.165, 1.54) is 19.3 Å². The molecule has 1 aromatic heterocycles. The minimum atomic E-state index is -0.902. The van der Waals surface area contributed by atoms with E-state index in [1.54, 1.807) is 0 Å². The second-order valence-corrected chi connectivity index (χ2v) is 5.81. The fourth-order valence-electron chi connectivity index (χ4n) is 3.45. The molecule has 2 aliphatic rings. The summed E-state index contributed by atoms with van der Waals surface area (Å²) in [6, 6.07) is 0.130. The van der Waals surface area contributed by atoms with Crippen LogP contribution in [0, 0.1) is 0 Å². The molecule has 1 unspecified atom stereocenters. The fraction of sp³-hybridized carbons (Fsp3) is 0.714. The molecule has 0 saturated heterocycles. The van der Waals surface area contributed by atoms with Crippen molar-refractivity contribution in [3.8, 4) is 0 Å². The van der Waals surface area contributed by atoms with Gasteiger partial charge in [-0.15, -0.1) is 0 Å². The number of rotatable bonds is 2. The number of hydrogen-bond acceptors (Lipinski definition) is 3. The molecule has 3 N–H and O–H groups in total. The molecular weight excluding hydrogens is 242 g/mol. The first kappa shape index (κ1) is 12.7. The molecule has 1 saturated carbocycles. The first-order valence-corrected chi connectivity index (χ1v) is 7.25. The highest BCUT2D eigenvalue weighted by Crippen LogP contribution is 2.34. The summed E-state index contributed by atoms with van der Waals surface area (Å²) >= 11 is 0. The van der Waals surface area contributed by atoms with Gasteiger partial charge in [0.1, 0.15) is 5.82 Å². The smallest absolute Gasteiger partial charge is 0.356 e. The highest BCUT2D eigenvalue weighted by molar-refractivity contribution is 5.87. The summed E-state index contributed by atoms with van der Waals surface area (Å²) in [6.45, 7) is 0.724. The molecule has 1 aliphatic heterocycles. The van der Waals surface area contributed by atoms with E-state index < -0.39 is 5.97 Å². The van der Waals surface area contributed by atoms with E-state index in [0.29, 0.717) is 5.92 Å². The molecule has 1 aromatic rings. The molecule has 104 valence electrons. The van der Waals surface area contributed by atoms with Gasteiger partial charge in [0.15, 0.2) is 5.69 Å². The maximum absolute atomic E-state index is 11.3. The monoisotopic (exact) mass is 263 g/mol. The van der Waals surface area contributed by atoms with Crippen LogP contribution in [0.1, 0.15) is 66.4 Å². The lowest BCUT2D eigenvalue weighted by Gasteiger charge is -2.27. The fourth-order valence-corrected chi connectivity index (χ4v) is 3.45. The molecule has 0 spiro atoms. The molecule has 1 aliphatic carbocycles. The highest BCUT2D eigenvalue weighted by atomic mass is 16.4. The normalized spacial score (nSPS) is 24.2. The Morgan fingerprint density at radius 2 is 2.00 bits per heavy atom. The summed E-state index contributed by atoms with van der Waals surface area (Å²) in [5, 5.41) is 9.31. The van der Waals surface area contributed by atoms with Crippen molar-refractivity contribution in [2.75, 3.05) is 0 Å². The van der Waals surface area contributed by atoms with Gasteiger partial charge in [-0.3, -0.25) is 0 Å². The van der Waals surface area contributed by atoms with Crippen molar-refractivity contribution in [3.63, 3.8) is 0 Å². The van der Waals surface area contributed by atoms with Crippen molar-refractivity contribution in [1.82, 2.24) is 9.55 Å². The number of hydrogen-bond donors (Lipinski definition) is 2. The average Bonchev–Trinajstić information content (AvgIpc) is 2.78. The summed E-state index contributed by atoms with van der Waals surface area (Å²) in [6.07, 6.45) is 7.59. The van der Waals surface area contributed by atoms with Crippen LogP contribution in [0.3, 0.4) is 0 Å². The van der Waals surface area contributed by atoms with Gasteiger partial charge < -0.3 is 15.4 Å². The number of aromatic carboxylic acids is 1. The molecule has 5 nitrogen and oxygen atoms in total. The quantitative estimate of drug-likeness (QED) is 0.854. The van der Waals surface area contributed by atoms with Crippen LogP contribution >= 0.6 is 0 Å². The van der Waals surface area contributed by atoms with Crippen molar-refractivity contribution >= 4 is 5.97 Å². The van der Waals surface area contributed by atoms with Crippen LogP contribution in [0.4, 0.5) is 0 Å². The van der Waals surface area contributed by atoms with E-state index in [0.717, 1.165) is 43.7 Å². The molecule has 5 heteroatoms. The minimum Gasteiger partial charge on any atom is -0.476 e. The maximum atomic E-state index is 11.3. The Labute approximate surface area is 112 Å². The molecule has 1 atom stereocenters. The van der Waals surface area contributed by atoms with Crippen LogP contribution < -0.4 is 5.73 Å². The highest BCUT2D eigenvalue weighted by Gasteiger charge is 2.30. The van der Waals surface area contributed by atoms with Crippen molar-refractivity contribution in [2.45, 2.75) is 63.5 Å². The SMILES string of the molecule is NC1CCc2c(C(=O)O)nc(C3CCCCC3)n2C1. The molecular formula is C14H21N3O2. The second kappa shape index (κ2) is 4.96. The van der Waals surface area contributed by atoms with Crippen molar-refractivity contribution in [1.29, 1.82) is 0 Å². The number of fused-ring (bicyclic) bond motifs is 1. The third-order valence-electron chi connectivity index (χ3n) is 4.44. The van der Waals surface area contributed by atoms with Crippen LogP contribution in [0.5, 0.6) is 0 Å². The summed E-state index contributed by atoms with van der Waals surface area (Å²) in [7, 11) is 0. The van der Waals surface area contributed by atoms with Gasteiger partial charge in [0.2, 0.25) is 0 Å². The van der Waals surface area contributed by atoms with Gasteiger partial charge in [0, 0.05) is 18.5 Å². The zero-order valence-corrected chi connectivity index (χ0v) is 11.1. The molecule has 0 radical (unpaired) electrons. The van der Waals surface area contributed by atoms with Gasteiger partial charge in [0.05, 0.1) is 5.69 Å². The van der Waals surface area contributed by atoms with Gasteiger partial charge in [-0.2, -0.15) is 0 Å². The van der Waals surface area contributed by atoms with E-state index in [-0.39, 0.29) is 11.7 Å². The van der Waals surface area contributed by atoms with E-state index in [1.807, 2.05) is 0 Å². The Morgan fingerprint density at radius 1 is 1.26 bits per heavy atom. The number of aromatic nitrogens is 2. The van der Waals surface area contributed by atoms with Gasteiger partial charge in [-0.1, -0.05) is 19.3 Å². The molecule has 2 heterocycles. The Balaban J connectivity index is 2.01. The van der Waals surface area contributed by atoms with E-state index in [9.17, 15) is 9.90 Å². The van der Waals surface area contributed by atoms with Crippen molar-refractivity contribution in [3.05, 3.63) is 17.2 Å². The van der Waals surface area contributed by atoms with Gasteiger partial charge in [-0.25, -0.2) is 9.78 Å². The standard InChI is InChI=1S/C14H21N3O2/c15-10-6-7-11-12(14(18)19)16-13(17(11)8-10)9-4-2-1-3-5-9/h9-10H,1-8,15H2,(H,18,19). The Bertz CT molecular complexity index is 489. The molecule has 0 bridgehead atoms. The number of nitrogens with two attached hydrogens (primary N) is 1. The van der Waals surface area contributed by atoms with E-state index in [2.05, 4.69) is 9.55 Å². The summed E-state index contributed by atoms with van der Waals surface area (Å²) in [5.74, 6) is 0.495. The van der Waals surface area contributed by atoms with Crippen molar-refractivity contribution in [2.24, 2.45) is 5.73 Å². The predicted molar refractivity (Wildman–Crippen MR) is 71.3 cm³/mol. The Hall–Kier alpha value is -1.36. The minimum absolute atomic E-state index is 0.130. The van der Waals surface area contributed by atoms with Crippen LogP contribution in [-0.2, 0) is 13.0 Å². The van der Waals surface area contributed by atoms with E-state index >= 15 is 0 Å². The number of nitrogens with zero attached hydrogens (tertiary/aromatic N) is 2. The lowest BCUT2D eigenvalue weighted by molar-refractivity contribution is 0.0689. The average molecular weight is 263 g/mol. The van der Waals surface area contributed by atoms with Crippen LogP contribution in [0.15, 0.2) is 0 Å². The maximum Gasteiger partial charge on any atom is 0.356 e. The number of carbonyl (C=O) groups is 1. The lowest BCUT2D eigenvalue weighted by Crippen LogP contribution is -2.33. The molecule has 0 aromatic carbocycles. The first-order chi connectivity index (χ1) is 9.16. The van der Waals surface area contributed by atoms with Crippen molar-refractivity contribution < 1.29 is 9.90 Å². The first-order valence-electron chi connectivity index (χ1n) is 7.25. The number of imidazole rings is 1. The van der Waals surface area contributed by atoms with Crippen LogP contribution in [0.2, 0.25) is 0 Å². The number of carboxylic acids is 1. The lowest BCUT2D eigenvalue weighted by atomic mass is 9.88. The van der Waals surface area contributed by atoms with Gasteiger partial charge in [0.25, 0.3) is 0 Å². The predicted octanol–water partition coefficient (Wildman–Crippen LogP) is 1.90. The van der Waals surface area contributed by atoms with Gasteiger partial charge >= 0.3 is 5.97 Å². The number of carboxylic acid groups (broad SMARTS) is 1. The van der Waals surface area contributed by atoms with Gasteiger partial charge in [-0.05, 0) is 25.7 Å². The van der Waals surface area contributed by atoms with E-state index in [4.69, 9.17) is 5.73 Å². The molecule has 19 heavy (non-hydrogen) atoms. The largest absolute Gasteiger partial charge is 0.476 e. The molecule has 0 amide bonds. The summed E-state index contributed by atoms with van der Waals surface area (Å²) < 4.78 is 2.10. The van der Waals surface area contributed by atoms with Crippen LogP contribution in [0.25, 0.3) is 0 Å². The Morgan fingerprint density at radius 3 is 2.68 bits per heavy atom. The third kappa shape index (κ3) is 2.27. The van der Waals surface area contributed by atoms with Crippen LogP contribution in [-0.4, -0.2) is 26.7 Å². The summed E-state index contributed by atoms with van der Waals surface area (Å²) in [5.41, 5.74) is 7.18. The molecule has 3 rings (SSSR count). The zero-order valence-electron chi connectivity index (χ0n) is 11.1. The summed E-state index contributed by atoms with van der Waals surface area (Å²) in [4.78, 5) is 15.8. The second-order valence-electron chi connectivity index (χ2n) is 5.81. The molecule has 1 fully saturated rings. The topological polar surface area (TPSA) is 81.1 Å². The Kier molecular flexibility index (Phi) is 3.31. The zero-order chi connectivity index (χ0) is 13.4.